The molecule has 1 aromatic rings. The lowest BCUT2D eigenvalue weighted by Crippen LogP contribution is -2.47. The van der Waals surface area contributed by atoms with Gasteiger partial charge >= 0.3 is 5.97 Å². The highest BCUT2D eigenvalue weighted by molar-refractivity contribution is 6.30. The monoisotopic (exact) mass is 378 g/mol. The normalized spacial score (nSPS) is 17.5. The van der Waals surface area contributed by atoms with Crippen LogP contribution in [0.15, 0.2) is 18.2 Å². The molecule has 0 radical (unpaired) electrons. The Morgan fingerprint density at radius 3 is 2.58 bits per heavy atom. The molecule has 1 N–H and O–H groups in total. The molecule has 0 amide bonds. The molecule has 136 valence electrons. The van der Waals surface area contributed by atoms with E-state index in [-0.39, 0.29) is 30.0 Å². The molecule has 1 fully saturated rings. The number of rotatable bonds is 6. The molecule has 1 atom stereocenters. The Morgan fingerprint density at radius 1 is 1.46 bits per heavy atom. The predicted molar refractivity (Wildman–Crippen MR) is 96.6 cm³/mol. The molecule has 1 unspecified atom stereocenters. The van der Waals surface area contributed by atoms with Gasteiger partial charge in [0, 0.05) is 25.2 Å². The minimum atomic E-state index is -0.774. The van der Waals surface area contributed by atoms with Crippen molar-refractivity contribution in [2.75, 3.05) is 26.2 Å². The molecule has 7 heteroatoms. The van der Waals surface area contributed by atoms with E-state index >= 15 is 0 Å². The van der Waals surface area contributed by atoms with Gasteiger partial charge in [0.2, 0.25) is 0 Å². The largest absolute Gasteiger partial charge is 0.480 e. The Morgan fingerprint density at radius 2 is 2.08 bits per heavy atom. The van der Waals surface area contributed by atoms with E-state index in [9.17, 15) is 9.18 Å². The van der Waals surface area contributed by atoms with E-state index in [1.165, 1.54) is 6.07 Å². The van der Waals surface area contributed by atoms with Gasteiger partial charge in [-0.15, -0.1) is 12.4 Å². The molecule has 4 nitrogen and oxygen atoms in total. The fraction of sp³-hybridized carbons (Fsp3) is 0.588. The lowest BCUT2D eigenvalue weighted by Gasteiger charge is -2.40. The quantitative estimate of drug-likeness (QED) is 0.816. The third kappa shape index (κ3) is 5.31. The van der Waals surface area contributed by atoms with Gasteiger partial charge in [-0.2, -0.15) is 0 Å². The van der Waals surface area contributed by atoms with Crippen LogP contribution in [-0.4, -0.2) is 53.1 Å². The zero-order chi connectivity index (χ0) is 17.0. The minimum Gasteiger partial charge on any atom is -0.480 e. The molecule has 1 aliphatic heterocycles. The third-order valence-corrected chi connectivity index (χ3v) is 5.02. The van der Waals surface area contributed by atoms with Gasteiger partial charge in [0.15, 0.2) is 0 Å². The van der Waals surface area contributed by atoms with Crippen LogP contribution in [0.4, 0.5) is 4.39 Å². The van der Waals surface area contributed by atoms with Gasteiger partial charge in [0.25, 0.3) is 0 Å². The Labute approximate surface area is 154 Å². The summed E-state index contributed by atoms with van der Waals surface area (Å²) in [4.78, 5) is 15.3. The van der Waals surface area contributed by atoms with E-state index in [4.69, 9.17) is 16.7 Å². The van der Waals surface area contributed by atoms with Crippen LogP contribution in [0, 0.1) is 5.82 Å². The van der Waals surface area contributed by atoms with Crippen LogP contribution < -0.4 is 0 Å². The zero-order valence-electron chi connectivity index (χ0n) is 14.0. The summed E-state index contributed by atoms with van der Waals surface area (Å²) >= 11 is 5.87. The molecule has 2 rings (SSSR count). The number of likely N-dealkylation sites (tertiary alicyclic amines) is 1. The number of hydrogen-bond donors (Lipinski definition) is 1. The molecule has 1 aromatic carbocycles. The van der Waals surface area contributed by atoms with Crippen LogP contribution in [0.5, 0.6) is 0 Å². The molecule has 1 saturated heterocycles. The molecule has 0 bridgehead atoms. The number of halogens is 3. The van der Waals surface area contributed by atoms with Gasteiger partial charge in [-0.3, -0.25) is 14.6 Å². The van der Waals surface area contributed by atoms with Crippen molar-refractivity contribution in [3.63, 3.8) is 0 Å². The Hall–Kier alpha value is -0.880. The summed E-state index contributed by atoms with van der Waals surface area (Å²) in [5.41, 5.74) is 1.01. The summed E-state index contributed by atoms with van der Waals surface area (Å²) in [7, 11) is 0. The van der Waals surface area contributed by atoms with E-state index in [1.54, 1.807) is 12.1 Å². The highest BCUT2D eigenvalue weighted by Gasteiger charge is 2.27. The van der Waals surface area contributed by atoms with Crippen LogP contribution in [0.2, 0.25) is 5.02 Å². The number of piperidine rings is 1. The number of carbonyl (C=O) groups is 1. The maximum Gasteiger partial charge on any atom is 0.317 e. The lowest BCUT2D eigenvalue weighted by molar-refractivity contribution is -0.139. The van der Waals surface area contributed by atoms with Crippen molar-refractivity contribution in [2.45, 2.75) is 38.8 Å². The first-order valence-electron chi connectivity index (χ1n) is 8.07. The molecule has 0 aliphatic carbocycles. The van der Waals surface area contributed by atoms with Crippen molar-refractivity contribution in [3.8, 4) is 0 Å². The standard InChI is InChI=1S/C17H24ClFN2O2.ClH/c1-3-20(11-17(22)23)14-6-8-21(9-7-14)12(2)13-4-5-16(19)15(18)10-13;/h4-5,10,12,14H,3,6-9,11H2,1-2H3,(H,22,23);1H. The SMILES string of the molecule is CCN(CC(=O)O)C1CCN(C(C)c2ccc(F)c(Cl)c2)CC1.Cl. The van der Waals surface area contributed by atoms with Gasteiger partial charge in [0.1, 0.15) is 5.82 Å². The van der Waals surface area contributed by atoms with E-state index in [0.29, 0.717) is 6.04 Å². The average molecular weight is 379 g/mol. The molecule has 0 spiro atoms. The van der Waals surface area contributed by atoms with E-state index < -0.39 is 11.8 Å². The summed E-state index contributed by atoms with van der Waals surface area (Å²) < 4.78 is 13.3. The maximum atomic E-state index is 13.3. The number of aliphatic carboxylic acids is 1. The van der Waals surface area contributed by atoms with Gasteiger partial charge in [-0.25, -0.2) is 4.39 Å². The van der Waals surface area contributed by atoms with Gasteiger partial charge in [0.05, 0.1) is 11.6 Å². The summed E-state index contributed by atoms with van der Waals surface area (Å²) in [6.07, 6.45) is 1.89. The predicted octanol–water partition coefficient (Wildman–Crippen LogP) is 3.83. The molecule has 0 saturated carbocycles. The van der Waals surface area contributed by atoms with Gasteiger partial charge < -0.3 is 5.11 Å². The smallest absolute Gasteiger partial charge is 0.317 e. The van der Waals surface area contributed by atoms with Crippen LogP contribution in [0.3, 0.4) is 0 Å². The van der Waals surface area contributed by atoms with Crippen molar-refractivity contribution in [3.05, 3.63) is 34.6 Å². The Balaban J connectivity index is 0.00000288. The Bertz CT molecular complexity index is 551. The minimum absolute atomic E-state index is 0. The third-order valence-electron chi connectivity index (χ3n) is 4.73. The van der Waals surface area contributed by atoms with Crippen LogP contribution in [0.25, 0.3) is 0 Å². The molecular weight excluding hydrogens is 354 g/mol. The topological polar surface area (TPSA) is 43.8 Å². The average Bonchev–Trinajstić information content (AvgIpc) is 2.54. The van der Waals surface area contributed by atoms with Crippen molar-refractivity contribution >= 4 is 30.0 Å². The number of carboxylic acid groups (broad SMARTS) is 1. The first kappa shape index (κ1) is 21.2. The summed E-state index contributed by atoms with van der Waals surface area (Å²) in [5.74, 6) is -1.17. The summed E-state index contributed by atoms with van der Waals surface area (Å²) in [5, 5.41) is 9.14. The zero-order valence-corrected chi connectivity index (χ0v) is 15.6. The fourth-order valence-corrected chi connectivity index (χ4v) is 3.48. The summed E-state index contributed by atoms with van der Waals surface area (Å²) in [6, 6.07) is 5.36. The van der Waals surface area contributed by atoms with E-state index in [2.05, 4.69) is 11.8 Å². The highest BCUT2D eigenvalue weighted by Crippen LogP contribution is 2.28. The second-order valence-electron chi connectivity index (χ2n) is 6.07. The number of nitrogens with zero attached hydrogens (tertiary/aromatic N) is 2. The fourth-order valence-electron chi connectivity index (χ4n) is 3.29. The van der Waals surface area contributed by atoms with Crippen molar-refractivity contribution in [1.82, 2.24) is 9.80 Å². The molecule has 24 heavy (non-hydrogen) atoms. The number of carboxylic acids is 1. The number of hydrogen-bond acceptors (Lipinski definition) is 3. The van der Waals surface area contributed by atoms with Crippen molar-refractivity contribution < 1.29 is 14.3 Å². The molecule has 1 heterocycles. The van der Waals surface area contributed by atoms with Crippen LogP contribution >= 0.6 is 24.0 Å². The first-order valence-corrected chi connectivity index (χ1v) is 8.45. The van der Waals surface area contributed by atoms with Gasteiger partial charge in [-0.05, 0) is 44.0 Å². The van der Waals surface area contributed by atoms with Gasteiger partial charge in [-0.1, -0.05) is 24.6 Å². The Kier molecular flexibility index (Phi) is 8.43. The second kappa shape index (κ2) is 9.56. The number of likely N-dealkylation sites (N-methyl/N-ethyl adjacent to an activating group) is 1. The highest BCUT2D eigenvalue weighted by atomic mass is 35.5. The first-order chi connectivity index (χ1) is 10.9. The van der Waals surface area contributed by atoms with Crippen molar-refractivity contribution in [1.29, 1.82) is 0 Å². The van der Waals surface area contributed by atoms with Crippen LogP contribution in [-0.2, 0) is 4.79 Å². The van der Waals surface area contributed by atoms with Crippen LogP contribution in [0.1, 0.15) is 38.3 Å². The second-order valence-corrected chi connectivity index (χ2v) is 6.48. The molecular formula is C17H25Cl2FN2O2. The lowest BCUT2D eigenvalue weighted by atomic mass is 9.99. The van der Waals surface area contributed by atoms with Crippen molar-refractivity contribution in [2.24, 2.45) is 0 Å². The summed E-state index contributed by atoms with van der Waals surface area (Å²) in [6.45, 7) is 6.75. The van der Waals surface area contributed by atoms with E-state index in [0.717, 1.165) is 38.0 Å². The molecule has 1 aliphatic rings. The van der Waals surface area contributed by atoms with E-state index in [1.807, 2.05) is 11.8 Å². The molecule has 0 aromatic heterocycles. The maximum absolute atomic E-state index is 13.3. The number of benzene rings is 1.